The SMILES string of the molecule is Cc1c(C)c(C)c(Cn2c(-c3ccncc3)cc3c2CCNC3=O)c(C)c1C. The van der Waals surface area contributed by atoms with Gasteiger partial charge in [-0.25, -0.2) is 0 Å². The fourth-order valence-electron chi connectivity index (χ4n) is 4.36. The summed E-state index contributed by atoms with van der Waals surface area (Å²) in [6.45, 7) is 12.5. The third-order valence-corrected chi connectivity index (χ3v) is 6.55. The summed E-state index contributed by atoms with van der Waals surface area (Å²) in [5.74, 6) is 0.0278. The average Bonchev–Trinajstić information content (AvgIpc) is 3.09. The first-order valence-electron chi connectivity index (χ1n) is 9.87. The second kappa shape index (κ2) is 6.93. The van der Waals surface area contributed by atoms with E-state index in [1.165, 1.54) is 33.4 Å². The van der Waals surface area contributed by atoms with Crippen LogP contribution in [0, 0.1) is 34.6 Å². The molecular formula is C24H27N3O. The lowest BCUT2D eigenvalue weighted by atomic mass is 9.89. The van der Waals surface area contributed by atoms with Crippen LogP contribution in [0.25, 0.3) is 11.3 Å². The van der Waals surface area contributed by atoms with Gasteiger partial charge in [-0.2, -0.15) is 0 Å². The lowest BCUT2D eigenvalue weighted by Gasteiger charge is -2.23. The highest BCUT2D eigenvalue weighted by atomic mass is 16.1. The molecule has 1 aromatic carbocycles. The molecule has 28 heavy (non-hydrogen) atoms. The van der Waals surface area contributed by atoms with Crippen molar-refractivity contribution in [1.82, 2.24) is 14.9 Å². The molecule has 4 heteroatoms. The van der Waals surface area contributed by atoms with Gasteiger partial charge in [0.15, 0.2) is 0 Å². The summed E-state index contributed by atoms with van der Waals surface area (Å²) < 4.78 is 2.34. The molecule has 1 aliphatic heterocycles. The zero-order valence-corrected chi connectivity index (χ0v) is 17.3. The number of aromatic nitrogens is 2. The van der Waals surface area contributed by atoms with Gasteiger partial charge in [0.1, 0.15) is 0 Å². The van der Waals surface area contributed by atoms with Crippen molar-refractivity contribution < 1.29 is 4.79 Å². The molecule has 1 aliphatic rings. The maximum Gasteiger partial charge on any atom is 0.253 e. The number of nitrogens with zero attached hydrogens (tertiary/aromatic N) is 2. The summed E-state index contributed by atoms with van der Waals surface area (Å²) in [6, 6.07) is 6.07. The van der Waals surface area contributed by atoms with Crippen LogP contribution in [-0.4, -0.2) is 22.0 Å². The van der Waals surface area contributed by atoms with Gasteiger partial charge in [-0.05, 0) is 86.2 Å². The zero-order chi connectivity index (χ0) is 20.0. The number of pyridine rings is 1. The molecule has 0 saturated carbocycles. The third-order valence-electron chi connectivity index (χ3n) is 6.55. The summed E-state index contributed by atoms with van der Waals surface area (Å²) >= 11 is 0. The summed E-state index contributed by atoms with van der Waals surface area (Å²) in [5.41, 5.74) is 12.3. The molecule has 0 spiro atoms. The van der Waals surface area contributed by atoms with Crippen LogP contribution in [0.2, 0.25) is 0 Å². The average molecular weight is 374 g/mol. The molecule has 0 fully saturated rings. The second-order valence-corrected chi connectivity index (χ2v) is 7.82. The Balaban J connectivity index is 1.93. The normalized spacial score (nSPS) is 13.4. The number of carbonyl (C=O) groups excluding carboxylic acids is 1. The first kappa shape index (κ1) is 18.5. The number of hydrogen-bond acceptors (Lipinski definition) is 2. The van der Waals surface area contributed by atoms with E-state index in [9.17, 15) is 4.79 Å². The van der Waals surface area contributed by atoms with Crippen LogP contribution in [-0.2, 0) is 13.0 Å². The van der Waals surface area contributed by atoms with E-state index in [1.54, 1.807) is 0 Å². The number of benzene rings is 1. The molecular weight excluding hydrogens is 346 g/mol. The predicted molar refractivity (Wildman–Crippen MR) is 113 cm³/mol. The number of rotatable bonds is 3. The predicted octanol–water partition coefficient (Wildman–Crippen LogP) is 4.43. The van der Waals surface area contributed by atoms with E-state index in [2.05, 4.69) is 49.5 Å². The van der Waals surface area contributed by atoms with Crippen LogP contribution >= 0.6 is 0 Å². The molecule has 0 bridgehead atoms. The second-order valence-electron chi connectivity index (χ2n) is 7.82. The first-order chi connectivity index (χ1) is 13.4. The molecule has 1 amide bonds. The van der Waals surface area contributed by atoms with Crippen molar-refractivity contribution in [2.24, 2.45) is 0 Å². The maximum absolute atomic E-state index is 12.5. The molecule has 144 valence electrons. The van der Waals surface area contributed by atoms with Crippen molar-refractivity contribution in [2.45, 2.75) is 47.6 Å². The Morgan fingerprint density at radius 1 is 0.964 bits per heavy atom. The number of hydrogen-bond donors (Lipinski definition) is 1. The van der Waals surface area contributed by atoms with Crippen LogP contribution in [0.5, 0.6) is 0 Å². The summed E-state index contributed by atoms with van der Waals surface area (Å²) in [6.07, 6.45) is 4.47. The Morgan fingerprint density at radius 2 is 1.57 bits per heavy atom. The van der Waals surface area contributed by atoms with Crippen LogP contribution < -0.4 is 5.32 Å². The van der Waals surface area contributed by atoms with Crippen LogP contribution in [0.3, 0.4) is 0 Å². The molecule has 0 atom stereocenters. The van der Waals surface area contributed by atoms with Gasteiger partial charge >= 0.3 is 0 Å². The minimum absolute atomic E-state index is 0.0278. The highest BCUT2D eigenvalue weighted by molar-refractivity contribution is 5.98. The smallest absolute Gasteiger partial charge is 0.253 e. The molecule has 2 aromatic heterocycles. The van der Waals surface area contributed by atoms with Crippen molar-refractivity contribution in [1.29, 1.82) is 0 Å². The van der Waals surface area contributed by atoms with E-state index < -0.39 is 0 Å². The molecule has 4 nitrogen and oxygen atoms in total. The van der Waals surface area contributed by atoms with E-state index >= 15 is 0 Å². The van der Waals surface area contributed by atoms with Crippen LogP contribution in [0.1, 0.15) is 49.4 Å². The van der Waals surface area contributed by atoms with Crippen LogP contribution in [0.4, 0.5) is 0 Å². The fraction of sp³-hybridized carbons (Fsp3) is 0.333. The summed E-state index contributed by atoms with van der Waals surface area (Å²) in [5, 5.41) is 2.98. The molecule has 3 aromatic rings. The molecule has 0 saturated heterocycles. The van der Waals surface area contributed by atoms with Crippen molar-refractivity contribution in [2.75, 3.05) is 6.54 Å². The van der Waals surface area contributed by atoms with Crippen LogP contribution in [0.15, 0.2) is 30.6 Å². The Hall–Kier alpha value is -2.88. The molecule has 3 heterocycles. The van der Waals surface area contributed by atoms with Gasteiger partial charge in [0, 0.05) is 48.9 Å². The standard InChI is InChI=1S/C24H27N3O/c1-14-15(2)17(4)21(18(5)16(14)3)13-27-22-8-11-26-24(28)20(22)12-23(27)19-6-9-25-10-7-19/h6-7,9-10,12H,8,11,13H2,1-5H3,(H,26,28). The Morgan fingerprint density at radius 3 is 2.21 bits per heavy atom. The zero-order valence-electron chi connectivity index (χ0n) is 17.3. The van der Waals surface area contributed by atoms with E-state index in [0.29, 0.717) is 6.54 Å². The summed E-state index contributed by atoms with van der Waals surface area (Å²) in [7, 11) is 0. The quantitative estimate of drug-likeness (QED) is 0.738. The minimum atomic E-state index is 0.0278. The van der Waals surface area contributed by atoms with Gasteiger partial charge in [-0.3, -0.25) is 9.78 Å². The Kier molecular flexibility index (Phi) is 4.58. The van der Waals surface area contributed by atoms with Crippen molar-refractivity contribution in [3.05, 3.63) is 75.2 Å². The van der Waals surface area contributed by atoms with E-state index in [4.69, 9.17) is 0 Å². The fourth-order valence-corrected chi connectivity index (χ4v) is 4.36. The molecule has 1 N–H and O–H groups in total. The van der Waals surface area contributed by atoms with E-state index in [-0.39, 0.29) is 5.91 Å². The molecule has 0 unspecified atom stereocenters. The first-order valence-corrected chi connectivity index (χ1v) is 9.87. The Labute approximate surface area is 166 Å². The maximum atomic E-state index is 12.5. The number of amides is 1. The number of carbonyl (C=O) groups is 1. The largest absolute Gasteiger partial charge is 0.352 e. The van der Waals surface area contributed by atoms with Gasteiger partial charge in [-0.1, -0.05) is 0 Å². The number of fused-ring (bicyclic) bond motifs is 1. The van der Waals surface area contributed by atoms with Crippen molar-refractivity contribution in [3.63, 3.8) is 0 Å². The van der Waals surface area contributed by atoms with E-state index in [1.807, 2.05) is 30.6 Å². The van der Waals surface area contributed by atoms with E-state index in [0.717, 1.165) is 35.5 Å². The highest BCUT2D eigenvalue weighted by Crippen LogP contribution is 2.32. The molecule has 0 radical (unpaired) electrons. The van der Waals surface area contributed by atoms with Crippen molar-refractivity contribution in [3.8, 4) is 11.3 Å². The van der Waals surface area contributed by atoms with Gasteiger partial charge in [0.25, 0.3) is 5.91 Å². The summed E-state index contributed by atoms with van der Waals surface area (Å²) in [4.78, 5) is 16.6. The Bertz CT molecular complexity index is 1050. The minimum Gasteiger partial charge on any atom is -0.352 e. The molecule has 4 rings (SSSR count). The highest BCUT2D eigenvalue weighted by Gasteiger charge is 2.25. The number of nitrogens with one attached hydrogen (secondary N) is 1. The van der Waals surface area contributed by atoms with Crippen molar-refractivity contribution >= 4 is 5.91 Å². The van der Waals surface area contributed by atoms with Gasteiger partial charge in [0.2, 0.25) is 0 Å². The lowest BCUT2D eigenvalue weighted by Crippen LogP contribution is -2.32. The molecule has 0 aliphatic carbocycles. The third kappa shape index (κ3) is 2.84. The monoisotopic (exact) mass is 373 g/mol. The lowest BCUT2D eigenvalue weighted by molar-refractivity contribution is 0.0945. The van der Waals surface area contributed by atoms with Gasteiger partial charge < -0.3 is 9.88 Å². The topological polar surface area (TPSA) is 46.9 Å². The van der Waals surface area contributed by atoms with Gasteiger partial charge in [0.05, 0.1) is 5.56 Å². The van der Waals surface area contributed by atoms with Gasteiger partial charge in [-0.15, -0.1) is 0 Å².